The zero-order chi connectivity index (χ0) is 24.7. The maximum atomic E-state index is 13.5. The molecule has 0 spiro atoms. The molecular weight excluding hydrogens is 451 g/mol. The summed E-state index contributed by atoms with van der Waals surface area (Å²) < 4.78 is 24.7. The number of nitrogens with zero attached hydrogens (tertiary/aromatic N) is 2. The molecule has 3 aromatic rings. The van der Waals surface area contributed by atoms with Gasteiger partial charge >= 0.3 is 0 Å². The van der Waals surface area contributed by atoms with Gasteiger partial charge in [0.1, 0.15) is 17.1 Å². The number of carbonyl (C=O) groups excluding carboxylic acids is 2. The molecular formula is C26H29FN4O4. The fraction of sp³-hybridized carbons (Fsp3) is 0.385. The van der Waals surface area contributed by atoms with Crippen LogP contribution < -0.4 is 15.4 Å². The predicted octanol–water partition coefficient (Wildman–Crippen LogP) is 5.26. The Morgan fingerprint density at radius 1 is 1.09 bits per heavy atom. The van der Waals surface area contributed by atoms with Crippen molar-refractivity contribution in [2.45, 2.75) is 63.8 Å². The lowest BCUT2D eigenvalue weighted by Crippen LogP contribution is -2.45. The smallest absolute Gasteiger partial charge is 0.227 e. The number of aromatic nitrogens is 2. The number of anilines is 1. The van der Waals surface area contributed by atoms with Crippen LogP contribution in [0, 0.1) is 5.82 Å². The maximum absolute atomic E-state index is 13.5. The fourth-order valence-electron chi connectivity index (χ4n) is 4.37. The van der Waals surface area contributed by atoms with Gasteiger partial charge in [-0.3, -0.25) is 9.59 Å². The second kappa shape index (κ2) is 11.1. The Morgan fingerprint density at radius 3 is 2.60 bits per heavy atom. The van der Waals surface area contributed by atoms with E-state index in [1.165, 1.54) is 19.1 Å². The van der Waals surface area contributed by atoms with Gasteiger partial charge in [-0.15, -0.1) is 0 Å². The average molecular weight is 481 g/mol. The SMILES string of the molecule is CC(=O)NC1(c2noc(CCC(=O)Nc3ccccc3Oc3cccc(F)c3)n2)CCCCCC1. The predicted molar refractivity (Wildman–Crippen MR) is 127 cm³/mol. The van der Waals surface area contributed by atoms with Gasteiger partial charge in [-0.25, -0.2) is 4.39 Å². The molecule has 0 bridgehead atoms. The maximum Gasteiger partial charge on any atom is 0.227 e. The molecule has 0 unspecified atom stereocenters. The molecule has 0 saturated heterocycles. The number of nitrogens with one attached hydrogen (secondary N) is 2. The normalized spacial score (nSPS) is 15.1. The molecule has 2 amide bonds. The highest BCUT2D eigenvalue weighted by Gasteiger charge is 2.38. The minimum atomic E-state index is -0.625. The lowest BCUT2D eigenvalue weighted by atomic mass is 9.89. The van der Waals surface area contributed by atoms with Gasteiger partial charge in [-0.2, -0.15) is 4.98 Å². The molecule has 0 aliphatic heterocycles. The Bertz CT molecular complexity index is 1170. The average Bonchev–Trinajstić information content (AvgIpc) is 3.19. The first-order valence-electron chi connectivity index (χ1n) is 11.9. The highest BCUT2D eigenvalue weighted by atomic mass is 19.1. The first kappa shape index (κ1) is 24.4. The van der Waals surface area contributed by atoms with Gasteiger partial charge < -0.3 is 19.9 Å². The number of ether oxygens (including phenoxy) is 1. The summed E-state index contributed by atoms with van der Waals surface area (Å²) in [6.07, 6.45) is 6.05. The van der Waals surface area contributed by atoms with E-state index in [4.69, 9.17) is 9.26 Å². The van der Waals surface area contributed by atoms with Gasteiger partial charge in [0.15, 0.2) is 11.6 Å². The van der Waals surface area contributed by atoms with Crippen molar-refractivity contribution in [3.05, 3.63) is 66.1 Å². The summed E-state index contributed by atoms with van der Waals surface area (Å²) in [6.45, 7) is 1.49. The number of amides is 2. The third kappa shape index (κ3) is 6.44. The van der Waals surface area contributed by atoms with Gasteiger partial charge in [0.05, 0.1) is 5.69 Å². The van der Waals surface area contributed by atoms with Crippen molar-refractivity contribution in [2.75, 3.05) is 5.32 Å². The molecule has 0 atom stereocenters. The minimum absolute atomic E-state index is 0.114. The summed E-state index contributed by atoms with van der Waals surface area (Å²) in [6, 6.07) is 12.7. The van der Waals surface area contributed by atoms with E-state index in [9.17, 15) is 14.0 Å². The van der Waals surface area contributed by atoms with E-state index in [2.05, 4.69) is 20.8 Å². The van der Waals surface area contributed by atoms with Crippen LogP contribution in [0.25, 0.3) is 0 Å². The third-order valence-corrected chi connectivity index (χ3v) is 6.02. The van der Waals surface area contributed by atoms with Gasteiger partial charge in [-0.05, 0) is 37.1 Å². The molecule has 1 aliphatic carbocycles. The number of rotatable bonds is 8. The van der Waals surface area contributed by atoms with E-state index in [1.807, 2.05) is 0 Å². The number of hydrogen-bond acceptors (Lipinski definition) is 6. The monoisotopic (exact) mass is 480 g/mol. The van der Waals surface area contributed by atoms with Crippen molar-refractivity contribution in [3.63, 3.8) is 0 Å². The Hall–Kier alpha value is -3.75. The van der Waals surface area contributed by atoms with Gasteiger partial charge in [0, 0.05) is 25.8 Å². The van der Waals surface area contributed by atoms with Crippen LogP contribution in [-0.4, -0.2) is 22.0 Å². The van der Waals surface area contributed by atoms with Crippen LogP contribution in [0.1, 0.15) is 63.6 Å². The largest absolute Gasteiger partial charge is 0.455 e. The van der Waals surface area contributed by atoms with E-state index in [0.29, 0.717) is 28.9 Å². The van der Waals surface area contributed by atoms with Gasteiger partial charge in [0.25, 0.3) is 0 Å². The molecule has 1 saturated carbocycles. The molecule has 35 heavy (non-hydrogen) atoms. The third-order valence-electron chi connectivity index (χ3n) is 6.02. The summed E-state index contributed by atoms with van der Waals surface area (Å²) in [5.74, 6) is 0.746. The van der Waals surface area contributed by atoms with Crippen LogP contribution in [0.3, 0.4) is 0 Å². The lowest BCUT2D eigenvalue weighted by Gasteiger charge is -2.30. The Labute approximate surface area is 203 Å². The highest BCUT2D eigenvalue weighted by Crippen LogP contribution is 2.35. The zero-order valence-corrected chi connectivity index (χ0v) is 19.7. The molecule has 8 nitrogen and oxygen atoms in total. The second-order valence-electron chi connectivity index (χ2n) is 8.79. The highest BCUT2D eigenvalue weighted by molar-refractivity contribution is 5.92. The summed E-state index contributed by atoms with van der Waals surface area (Å²) >= 11 is 0. The molecule has 1 aromatic heterocycles. The summed E-state index contributed by atoms with van der Waals surface area (Å²) in [7, 11) is 0. The first-order chi connectivity index (χ1) is 16.9. The Balaban J connectivity index is 1.39. The quantitative estimate of drug-likeness (QED) is 0.426. The molecule has 1 heterocycles. The number of benzene rings is 2. The standard InChI is InChI=1S/C26H29FN4O4/c1-18(32)30-26(15-6-2-3-7-16-26)25-29-24(35-31-25)14-13-23(33)28-21-11-4-5-12-22(21)34-20-10-8-9-19(27)17-20/h4-5,8-12,17H,2-3,6-7,13-16H2,1H3,(H,28,33)(H,30,32). The van der Waals surface area contributed by atoms with Crippen molar-refractivity contribution in [2.24, 2.45) is 0 Å². The Morgan fingerprint density at radius 2 is 1.86 bits per heavy atom. The summed E-state index contributed by atoms with van der Waals surface area (Å²) in [5, 5.41) is 10.0. The molecule has 1 fully saturated rings. The van der Waals surface area contributed by atoms with Crippen molar-refractivity contribution >= 4 is 17.5 Å². The number of halogens is 1. The van der Waals surface area contributed by atoms with Crippen LogP contribution in [0.5, 0.6) is 11.5 Å². The van der Waals surface area contributed by atoms with Crippen LogP contribution in [0.4, 0.5) is 10.1 Å². The van der Waals surface area contributed by atoms with Crippen LogP contribution in [0.15, 0.2) is 53.1 Å². The van der Waals surface area contributed by atoms with Gasteiger partial charge in [-0.1, -0.05) is 49.0 Å². The van der Waals surface area contributed by atoms with Crippen molar-refractivity contribution < 1.29 is 23.2 Å². The number of para-hydroxylation sites is 2. The number of carbonyl (C=O) groups is 2. The fourth-order valence-corrected chi connectivity index (χ4v) is 4.37. The summed E-state index contributed by atoms with van der Waals surface area (Å²) in [5.41, 5.74) is -0.157. The zero-order valence-electron chi connectivity index (χ0n) is 19.7. The van der Waals surface area contributed by atoms with Crippen molar-refractivity contribution in [1.82, 2.24) is 15.5 Å². The van der Waals surface area contributed by atoms with Crippen molar-refractivity contribution in [1.29, 1.82) is 0 Å². The Kier molecular flexibility index (Phi) is 7.74. The molecule has 2 N–H and O–H groups in total. The topological polar surface area (TPSA) is 106 Å². The van der Waals surface area contributed by atoms with Crippen LogP contribution in [-0.2, 0) is 21.5 Å². The van der Waals surface area contributed by atoms with E-state index >= 15 is 0 Å². The molecule has 9 heteroatoms. The van der Waals surface area contributed by atoms with E-state index < -0.39 is 11.4 Å². The van der Waals surface area contributed by atoms with Gasteiger partial charge in [0.2, 0.25) is 17.7 Å². The van der Waals surface area contributed by atoms with Crippen molar-refractivity contribution in [3.8, 4) is 11.5 Å². The van der Waals surface area contributed by atoms with E-state index in [-0.39, 0.29) is 24.7 Å². The van der Waals surface area contributed by atoms with Crippen LogP contribution in [0.2, 0.25) is 0 Å². The molecule has 184 valence electrons. The van der Waals surface area contributed by atoms with Crippen LogP contribution >= 0.6 is 0 Å². The minimum Gasteiger partial charge on any atom is -0.455 e. The molecule has 1 aliphatic rings. The second-order valence-corrected chi connectivity index (χ2v) is 8.79. The number of aryl methyl sites for hydroxylation is 1. The lowest BCUT2D eigenvalue weighted by molar-refractivity contribution is -0.121. The first-order valence-corrected chi connectivity index (χ1v) is 11.9. The molecule has 2 aromatic carbocycles. The summed E-state index contributed by atoms with van der Waals surface area (Å²) in [4.78, 5) is 29.0. The van der Waals surface area contributed by atoms with E-state index in [0.717, 1.165) is 38.5 Å². The molecule has 4 rings (SSSR count). The number of hydrogen-bond donors (Lipinski definition) is 2. The molecule has 0 radical (unpaired) electrons. The van der Waals surface area contributed by atoms with E-state index in [1.54, 1.807) is 36.4 Å².